The minimum Gasteiger partial charge on any atom is -0.367 e. The van der Waals surface area contributed by atoms with E-state index in [0.717, 1.165) is 18.7 Å². The van der Waals surface area contributed by atoms with Gasteiger partial charge >= 0.3 is 0 Å². The van der Waals surface area contributed by atoms with Crippen LogP contribution in [0.4, 0.5) is 10.1 Å². The van der Waals surface area contributed by atoms with Gasteiger partial charge in [-0.05, 0) is 50.2 Å². The lowest BCUT2D eigenvalue weighted by Crippen LogP contribution is -2.44. The highest BCUT2D eigenvalue weighted by atomic mass is 32.2. The monoisotopic (exact) mass is 443 g/mol. The number of piperazine rings is 1. The molecule has 6 nitrogen and oxygen atoms in total. The van der Waals surface area contributed by atoms with Crippen molar-refractivity contribution in [2.75, 3.05) is 38.1 Å². The zero-order valence-corrected chi connectivity index (χ0v) is 19.0. The van der Waals surface area contributed by atoms with Crippen LogP contribution in [-0.2, 0) is 16.9 Å². The SMILES string of the molecule is Cc1ccc(C)c(S(=O)(=O)c2cn(C)c3cc(N4CCN(C)CC4)c(F)cc3c2=O)c1. The van der Waals surface area contributed by atoms with Gasteiger partial charge in [-0.3, -0.25) is 4.79 Å². The van der Waals surface area contributed by atoms with Gasteiger partial charge in [0, 0.05) is 39.4 Å². The molecule has 0 unspecified atom stereocenters. The number of fused-ring (bicyclic) bond motifs is 1. The van der Waals surface area contributed by atoms with E-state index in [9.17, 15) is 13.2 Å². The minimum absolute atomic E-state index is 0.0595. The van der Waals surface area contributed by atoms with Gasteiger partial charge in [0.05, 0.1) is 21.5 Å². The van der Waals surface area contributed by atoms with E-state index in [0.29, 0.717) is 29.9 Å². The lowest BCUT2D eigenvalue weighted by Gasteiger charge is -2.34. The summed E-state index contributed by atoms with van der Waals surface area (Å²) in [4.78, 5) is 17.1. The van der Waals surface area contributed by atoms with E-state index in [1.807, 2.05) is 18.0 Å². The highest BCUT2D eigenvalue weighted by Gasteiger charge is 2.26. The van der Waals surface area contributed by atoms with Crippen LogP contribution in [-0.4, -0.2) is 51.1 Å². The predicted octanol–water partition coefficient (Wildman–Crippen LogP) is 2.88. The van der Waals surface area contributed by atoms with Crippen molar-refractivity contribution in [3.8, 4) is 0 Å². The summed E-state index contributed by atoms with van der Waals surface area (Å²) in [5.74, 6) is -0.518. The van der Waals surface area contributed by atoms with Crippen LogP contribution in [0.15, 0.2) is 51.1 Å². The van der Waals surface area contributed by atoms with E-state index in [1.54, 1.807) is 43.7 Å². The number of benzene rings is 2. The molecule has 1 fully saturated rings. The first-order chi connectivity index (χ1) is 14.6. The number of aryl methyl sites for hydroxylation is 3. The second-order valence-electron chi connectivity index (χ2n) is 8.32. The van der Waals surface area contributed by atoms with Gasteiger partial charge in [0.25, 0.3) is 0 Å². The summed E-state index contributed by atoms with van der Waals surface area (Å²) in [6.07, 6.45) is 1.34. The molecule has 8 heteroatoms. The summed E-state index contributed by atoms with van der Waals surface area (Å²) in [7, 11) is -0.358. The maximum absolute atomic E-state index is 15.0. The molecule has 0 N–H and O–H groups in total. The second kappa shape index (κ2) is 7.76. The molecule has 0 aliphatic carbocycles. The Morgan fingerprint density at radius 3 is 2.29 bits per heavy atom. The van der Waals surface area contributed by atoms with E-state index < -0.39 is 21.1 Å². The lowest BCUT2D eigenvalue weighted by atomic mass is 10.1. The Morgan fingerprint density at radius 2 is 1.61 bits per heavy atom. The van der Waals surface area contributed by atoms with E-state index in [-0.39, 0.29) is 15.2 Å². The average Bonchev–Trinajstić information content (AvgIpc) is 2.72. The Labute approximate surface area is 181 Å². The molecule has 1 saturated heterocycles. The van der Waals surface area contributed by atoms with Gasteiger partial charge in [-0.15, -0.1) is 0 Å². The molecule has 31 heavy (non-hydrogen) atoms. The third kappa shape index (κ3) is 3.74. The fourth-order valence-corrected chi connectivity index (χ4v) is 5.78. The quantitative estimate of drug-likeness (QED) is 0.623. The molecule has 4 rings (SSSR count). The van der Waals surface area contributed by atoms with Crippen molar-refractivity contribution in [2.45, 2.75) is 23.6 Å². The van der Waals surface area contributed by atoms with Gasteiger partial charge in [0.15, 0.2) is 0 Å². The summed E-state index contributed by atoms with van der Waals surface area (Å²) in [5.41, 5.74) is 1.59. The first-order valence-electron chi connectivity index (χ1n) is 10.2. The number of aromatic nitrogens is 1. The predicted molar refractivity (Wildman–Crippen MR) is 120 cm³/mol. The maximum atomic E-state index is 15.0. The molecule has 1 aromatic heterocycles. The number of sulfone groups is 1. The van der Waals surface area contributed by atoms with E-state index in [1.165, 1.54) is 12.3 Å². The van der Waals surface area contributed by atoms with Crippen molar-refractivity contribution in [3.63, 3.8) is 0 Å². The fourth-order valence-electron chi connectivity index (χ4n) is 4.06. The largest absolute Gasteiger partial charge is 0.367 e. The van der Waals surface area contributed by atoms with Crippen LogP contribution in [0.3, 0.4) is 0 Å². The van der Waals surface area contributed by atoms with E-state index in [2.05, 4.69) is 4.90 Å². The molecule has 2 aromatic carbocycles. The van der Waals surface area contributed by atoms with Crippen LogP contribution in [0, 0.1) is 19.7 Å². The van der Waals surface area contributed by atoms with Crippen molar-refractivity contribution in [1.29, 1.82) is 0 Å². The Kier molecular flexibility index (Phi) is 5.39. The standard InChI is InChI=1S/C23H26FN3O3S/c1-15-5-6-16(2)21(11-15)31(29,30)22-14-26(4)19-13-20(18(24)12-17(19)23(22)28)27-9-7-25(3)8-10-27/h5-6,11-14H,7-10H2,1-4H3. The molecule has 0 radical (unpaired) electrons. The fraction of sp³-hybridized carbons (Fsp3) is 0.348. The first-order valence-corrected chi connectivity index (χ1v) is 11.7. The van der Waals surface area contributed by atoms with Gasteiger partial charge < -0.3 is 14.4 Å². The number of halogens is 1. The van der Waals surface area contributed by atoms with Crippen molar-refractivity contribution in [2.24, 2.45) is 7.05 Å². The molecule has 0 atom stereocenters. The topological polar surface area (TPSA) is 62.6 Å². The van der Waals surface area contributed by atoms with Gasteiger partial charge in [0.2, 0.25) is 15.3 Å². The van der Waals surface area contributed by atoms with Crippen molar-refractivity contribution >= 4 is 26.4 Å². The van der Waals surface area contributed by atoms with Crippen molar-refractivity contribution in [3.05, 3.63) is 63.7 Å². The number of hydrogen-bond acceptors (Lipinski definition) is 5. The molecule has 1 aliphatic heterocycles. The van der Waals surface area contributed by atoms with E-state index in [4.69, 9.17) is 0 Å². The molecule has 0 bridgehead atoms. The zero-order chi connectivity index (χ0) is 22.5. The Hall–Kier alpha value is -2.71. The second-order valence-corrected chi connectivity index (χ2v) is 10.2. The zero-order valence-electron chi connectivity index (χ0n) is 18.1. The van der Waals surface area contributed by atoms with Crippen LogP contribution >= 0.6 is 0 Å². The number of rotatable bonds is 3. The summed E-state index contributed by atoms with van der Waals surface area (Å²) in [6, 6.07) is 7.92. The number of pyridine rings is 1. The molecule has 3 aromatic rings. The van der Waals surface area contributed by atoms with Gasteiger partial charge in [-0.25, -0.2) is 12.8 Å². The van der Waals surface area contributed by atoms with E-state index >= 15 is 4.39 Å². The average molecular weight is 444 g/mol. The summed E-state index contributed by atoms with van der Waals surface area (Å²) in [6.45, 7) is 6.51. The van der Waals surface area contributed by atoms with Gasteiger partial charge in [-0.1, -0.05) is 12.1 Å². The number of nitrogens with zero attached hydrogens (tertiary/aromatic N) is 3. The third-order valence-electron chi connectivity index (χ3n) is 5.99. The Bertz CT molecular complexity index is 1340. The number of anilines is 1. The maximum Gasteiger partial charge on any atom is 0.212 e. The van der Waals surface area contributed by atoms with Crippen LogP contribution in [0.25, 0.3) is 10.9 Å². The third-order valence-corrected chi connectivity index (χ3v) is 7.88. The Morgan fingerprint density at radius 1 is 0.935 bits per heavy atom. The molecule has 0 saturated carbocycles. The van der Waals surface area contributed by atoms with Crippen LogP contribution in [0.1, 0.15) is 11.1 Å². The Balaban J connectivity index is 1.89. The summed E-state index contributed by atoms with van der Waals surface area (Å²) >= 11 is 0. The highest BCUT2D eigenvalue weighted by Crippen LogP contribution is 2.28. The smallest absolute Gasteiger partial charge is 0.212 e. The van der Waals surface area contributed by atoms with Crippen LogP contribution in [0.5, 0.6) is 0 Å². The van der Waals surface area contributed by atoms with Crippen LogP contribution < -0.4 is 10.3 Å². The summed E-state index contributed by atoms with van der Waals surface area (Å²) in [5, 5.41) is 0.0595. The number of hydrogen-bond donors (Lipinski definition) is 0. The summed E-state index contributed by atoms with van der Waals surface area (Å²) < 4.78 is 43.3. The van der Waals surface area contributed by atoms with Crippen molar-refractivity contribution < 1.29 is 12.8 Å². The molecular formula is C23H26FN3O3S. The molecule has 1 aliphatic rings. The van der Waals surface area contributed by atoms with Gasteiger partial charge in [0.1, 0.15) is 10.7 Å². The molecule has 2 heterocycles. The van der Waals surface area contributed by atoms with Crippen molar-refractivity contribution in [1.82, 2.24) is 9.47 Å². The number of likely N-dealkylation sites (N-methyl/N-ethyl adjacent to an activating group) is 1. The van der Waals surface area contributed by atoms with Gasteiger partial charge in [-0.2, -0.15) is 0 Å². The molecule has 0 amide bonds. The highest BCUT2D eigenvalue weighted by molar-refractivity contribution is 7.91. The normalized spacial score (nSPS) is 15.6. The molecular weight excluding hydrogens is 417 g/mol. The first kappa shape index (κ1) is 21.5. The minimum atomic E-state index is -4.06. The lowest BCUT2D eigenvalue weighted by molar-refractivity contribution is 0.312. The molecule has 164 valence electrons. The van der Waals surface area contributed by atoms with Crippen LogP contribution in [0.2, 0.25) is 0 Å². The molecule has 0 spiro atoms.